The number of halogens is 3. The molecule has 0 bridgehead atoms. The summed E-state index contributed by atoms with van der Waals surface area (Å²) in [4.78, 5) is 0.191. The maximum absolute atomic E-state index is 12.2. The molecule has 1 N–H and O–H groups in total. The molecule has 2 nitrogen and oxygen atoms in total. The van der Waals surface area contributed by atoms with Gasteiger partial charge in [-0.05, 0) is 42.4 Å². The number of hydrogen-bond acceptors (Lipinski definition) is 3. The van der Waals surface area contributed by atoms with Crippen LogP contribution >= 0.6 is 11.8 Å². The minimum atomic E-state index is -4.24. The number of thioether (sulfide) groups is 1. The molecular formula is C13H18F3NOS2. The van der Waals surface area contributed by atoms with E-state index in [2.05, 4.69) is 5.32 Å². The third-order valence-corrected chi connectivity index (χ3v) is 4.89. The first-order chi connectivity index (χ1) is 9.28. The summed E-state index contributed by atoms with van der Waals surface area (Å²) in [5.74, 6) is 0. The predicted octanol–water partition coefficient (Wildman–Crippen LogP) is 3.55. The topological polar surface area (TPSA) is 29.1 Å². The first kappa shape index (κ1) is 17.5. The molecule has 0 aliphatic carbocycles. The highest BCUT2D eigenvalue weighted by Gasteiger charge is 2.28. The zero-order valence-corrected chi connectivity index (χ0v) is 13.0. The van der Waals surface area contributed by atoms with Crippen LogP contribution in [0.2, 0.25) is 0 Å². The fourth-order valence-corrected chi connectivity index (χ4v) is 2.50. The molecule has 7 heteroatoms. The fourth-order valence-electron chi connectivity index (χ4n) is 1.51. The lowest BCUT2D eigenvalue weighted by atomic mass is 10.2. The summed E-state index contributed by atoms with van der Waals surface area (Å²) in [7, 11) is -0.821. The molecular weight excluding hydrogens is 307 g/mol. The molecule has 0 fully saturated rings. The van der Waals surface area contributed by atoms with Gasteiger partial charge in [0, 0.05) is 33.7 Å². The molecule has 1 rings (SSSR count). The fraction of sp³-hybridized carbons (Fsp3) is 0.538. The zero-order chi connectivity index (χ0) is 15.2. The number of alkyl halides is 3. The Morgan fingerprint density at radius 1 is 1.30 bits per heavy atom. The first-order valence-electron chi connectivity index (χ1n) is 6.15. The van der Waals surface area contributed by atoms with Crippen molar-refractivity contribution in [3.63, 3.8) is 0 Å². The molecule has 0 amide bonds. The Bertz CT molecular complexity index is 434. The van der Waals surface area contributed by atoms with E-state index in [9.17, 15) is 17.4 Å². The van der Waals surface area contributed by atoms with Crippen LogP contribution in [0, 0.1) is 0 Å². The largest absolute Gasteiger partial charge is 0.446 e. The minimum absolute atomic E-state index is 0.109. The normalized spacial score (nSPS) is 15.1. The van der Waals surface area contributed by atoms with Gasteiger partial charge in [0.05, 0.1) is 0 Å². The number of nitrogens with one attached hydrogen (secondary N) is 1. The molecule has 1 aromatic carbocycles. The van der Waals surface area contributed by atoms with E-state index in [1.165, 1.54) is 12.1 Å². The molecule has 0 heterocycles. The van der Waals surface area contributed by atoms with E-state index in [0.717, 1.165) is 18.5 Å². The van der Waals surface area contributed by atoms with E-state index >= 15 is 0 Å². The van der Waals surface area contributed by atoms with Crippen LogP contribution in [0.15, 0.2) is 29.2 Å². The van der Waals surface area contributed by atoms with Crippen molar-refractivity contribution in [2.45, 2.75) is 35.5 Å². The molecule has 0 radical (unpaired) electrons. The van der Waals surface area contributed by atoms with E-state index < -0.39 is 16.3 Å². The van der Waals surface area contributed by atoms with Gasteiger partial charge in [-0.3, -0.25) is 4.21 Å². The Kier molecular flexibility index (Phi) is 7.05. The molecule has 0 aliphatic heterocycles. The number of benzene rings is 1. The highest BCUT2D eigenvalue weighted by Crippen LogP contribution is 2.36. The maximum Gasteiger partial charge on any atom is 0.446 e. The van der Waals surface area contributed by atoms with Gasteiger partial charge in [0.25, 0.3) is 0 Å². The molecule has 0 aromatic heterocycles. The van der Waals surface area contributed by atoms with Gasteiger partial charge in [0.15, 0.2) is 0 Å². The standard InChI is InChI=1S/C13H18F3NOS2/c1-10(20(2)18)7-8-17-9-11-3-5-12(6-4-11)19-13(14,15)16/h3-6,10,17H,7-9H2,1-2H3. The summed E-state index contributed by atoms with van der Waals surface area (Å²) in [5.41, 5.74) is -3.31. The van der Waals surface area contributed by atoms with E-state index in [-0.39, 0.29) is 21.9 Å². The van der Waals surface area contributed by atoms with E-state index in [1.54, 1.807) is 18.4 Å². The molecule has 0 saturated heterocycles. The van der Waals surface area contributed by atoms with Crippen molar-refractivity contribution in [1.29, 1.82) is 0 Å². The molecule has 2 atom stereocenters. The zero-order valence-electron chi connectivity index (χ0n) is 11.4. The van der Waals surface area contributed by atoms with Gasteiger partial charge in [-0.2, -0.15) is 13.2 Å². The maximum atomic E-state index is 12.2. The number of rotatable bonds is 7. The molecule has 0 aliphatic rings. The summed E-state index contributed by atoms with van der Waals surface area (Å²) in [6.07, 6.45) is 2.49. The van der Waals surface area contributed by atoms with Gasteiger partial charge in [0.2, 0.25) is 0 Å². The van der Waals surface area contributed by atoms with Crippen molar-refractivity contribution < 1.29 is 17.4 Å². The number of hydrogen-bond donors (Lipinski definition) is 1. The van der Waals surface area contributed by atoms with Gasteiger partial charge in [-0.25, -0.2) is 0 Å². The molecule has 0 spiro atoms. The van der Waals surface area contributed by atoms with Crippen molar-refractivity contribution in [2.75, 3.05) is 12.8 Å². The van der Waals surface area contributed by atoms with Gasteiger partial charge in [0.1, 0.15) is 0 Å². The van der Waals surface area contributed by atoms with Crippen LogP contribution in [0.3, 0.4) is 0 Å². The third kappa shape index (κ3) is 7.31. The van der Waals surface area contributed by atoms with Gasteiger partial charge in [-0.15, -0.1) is 0 Å². The van der Waals surface area contributed by atoms with Crippen LogP contribution in [0.5, 0.6) is 0 Å². The SMILES string of the molecule is CC(CCNCc1ccc(SC(F)(F)F)cc1)S(C)=O. The van der Waals surface area contributed by atoms with Crippen molar-refractivity contribution in [2.24, 2.45) is 0 Å². The van der Waals surface area contributed by atoms with Gasteiger partial charge < -0.3 is 5.32 Å². The summed E-state index contributed by atoms with van der Waals surface area (Å²) >= 11 is -0.109. The molecule has 2 unspecified atom stereocenters. The Morgan fingerprint density at radius 2 is 1.90 bits per heavy atom. The average molecular weight is 325 g/mol. The Labute approximate surface area is 124 Å². The van der Waals surface area contributed by atoms with Crippen LogP contribution in [-0.4, -0.2) is 27.8 Å². The summed E-state index contributed by atoms with van der Waals surface area (Å²) < 4.78 is 47.6. The van der Waals surface area contributed by atoms with E-state index in [0.29, 0.717) is 6.54 Å². The third-order valence-electron chi connectivity index (χ3n) is 2.78. The quantitative estimate of drug-likeness (QED) is 0.614. The van der Waals surface area contributed by atoms with Crippen molar-refractivity contribution in [1.82, 2.24) is 5.32 Å². The highest BCUT2D eigenvalue weighted by atomic mass is 32.2. The van der Waals surface area contributed by atoms with Crippen molar-refractivity contribution >= 4 is 22.6 Å². The molecule has 114 valence electrons. The van der Waals surface area contributed by atoms with Crippen LogP contribution in [0.1, 0.15) is 18.9 Å². The Balaban J connectivity index is 2.33. The van der Waals surface area contributed by atoms with Crippen LogP contribution in [0.4, 0.5) is 13.2 Å². The molecule has 20 heavy (non-hydrogen) atoms. The highest BCUT2D eigenvalue weighted by molar-refractivity contribution is 8.00. The lowest BCUT2D eigenvalue weighted by Gasteiger charge is -2.10. The van der Waals surface area contributed by atoms with Crippen LogP contribution in [0.25, 0.3) is 0 Å². The van der Waals surface area contributed by atoms with Gasteiger partial charge >= 0.3 is 5.51 Å². The smallest absolute Gasteiger partial charge is 0.313 e. The minimum Gasteiger partial charge on any atom is -0.313 e. The van der Waals surface area contributed by atoms with Crippen LogP contribution in [-0.2, 0) is 17.3 Å². The monoisotopic (exact) mass is 325 g/mol. The lowest BCUT2D eigenvalue weighted by Crippen LogP contribution is -2.20. The van der Waals surface area contributed by atoms with Crippen LogP contribution < -0.4 is 5.32 Å². The second-order valence-corrected chi connectivity index (χ2v) is 7.41. The van der Waals surface area contributed by atoms with Crippen molar-refractivity contribution in [3.05, 3.63) is 29.8 Å². The molecule has 1 aromatic rings. The van der Waals surface area contributed by atoms with Crippen molar-refractivity contribution in [3.8, 4) is 0 Å². The predicted molar refractivity (Wildman–Crippen MR) is 78.2 cm³/mol. The second-order valence-electron chi connectivity index (χ2n) is 4.47. The summed E-state index contributed by atoms with van der Waals surface area (Å²) in [6.45, 7) is 3.26. The first-order valence-corrected chi connectivity index (χ1v) is 8.59. The average Bonchev–Trinajstić information content (AvgIpc) is 2.34. The Morgan fingerprint density at radius 3 is 2.40 bits per heavy atom. The van der Waals surface area contributed by atoms with E-state index in [4.69, 9.17) is 0 Å². The van der Waals surface area contributed by atoms with Gasteiger partial charge in [-0.1, -0.05) is 19.1 Å². The lowest BCUT2D eigenvalue weighted by molar-refractivity contribution is -0.0328. The second kappa shape index (κ2) is 8.05. The Hall–Kier alpha value is -0.530. The molecule has 0 saturated carbocycles. The summed E-state index contributed by atoms with van der Waals surface area (Å²) in [5, 5.41) is 3.34. The summed E-state index contributed by atoms with van der Waals surface area (Å²) in [6, 6.07) is 6.31. The van der Waals surface area contributed by atoms with E-state index in [1.807, 2.05) is 6.92 Å².